The van der Waals surface area contributed by atoms with Crippen LogP contribution in [0.1, 0.15) is 39.3 Å². The molecular formula is C15H16N4O2S. The lowest BCUT2D eigenvalue weighted by atomic mass is 10.1. The van der Waals surface area contributed by atoms with Crippen molar-refractivity contribution in [2.75, 3.05) is 10.6 Å². The third kappa shape index (κ3) is 3.25. The van der Waals surface area contributed by atoms with Gasteiger partial charge in [-0.25, -0.2) is 4.98 Å². The molecule has 0 bridgehead atoms. The zero-order valence-corrected chi connectivity index (χ0v) is 12.9. The average molecular weight is 316 g/mol. The third-order valence-corrected chi connectivity index (χ3v) is 4.17. The molecule has 0 radical (unpaired) electrons. The molecule has 1 aromatic heterocycles. The monoisotopic (exact) mass is 316 g/mol. The van der Waals surface area contributed by atoms with Crippen LogP contribution in [-0.2, 0) is 0 Å². The smallest absolute Gasteiger partial charge is 0.270 e. The molecule has 22 heavy (non-hydrogen) atoms. The molecule has 1 heterocycles. The van der Waals surface area contributed by atoms with Gasteiger partial charge >= 0.3 is 0 Å². The first-order valence-electron chi connectivity index (χ1n) is 6.98. The van der Waals surface area contributed by atoms with Crippen molar-refractivity contribution in [2.24, 2.45) is 5.73 Å². The summed E-state index contributed by atoms with van der Waals surface area (Å²) in [5.74, 6) is -0.938. The van der Waals surface area contributed by atoms with E-state index < -0.39 is 5.91 Å². The Labute approximate surface area is 131 Å². The Hall–Kier alpha value is -2.41. The van der Waals surface area contributed by atoms with Gasteiger partial charge < -0.3 is 16.4 Å². The van der Waals surface area contributed by atoms with Crippen molar-refractivity contribution < 1.29 is 9.59 Å². The summed E-state index contributed by atoms with van der Waals surface area (Å²) in [6.07, 6.45) is 2.19. The predicted molar refractivity (Wildman–Crippen MR) is 86.4 cm³/mol. The fourth-order valence-electron chi connectivity index (χ4n) is 2.00. The van der Waals surface area contributed by atoms with Gasteiger partial charge in [-0.1, -0.05) is 29.0 Å². The van der Waals surface area contributed by atoms with Gasteiger partial charge in [0.1, 0.15) is 5.00 Å². The van der Waals surface area contributed by atoms with Crippen LogP contribution >= 0.6 is 11.3 Å². The Kier molecular flexibility index (Phi) is 3.81. The van der Waals surface area contributed by atoms with Crippen LogP contribution < -0.4 is 16.4 Å². The normalized spacial score (nSPS) is 13.7. The largest absolute Gasteiger partial charge is 0.364 e. The Morgan fingerprint density at radius 2 is 2.14 bits per heavy atom. The first kappa shape index (κ1) is 14.5. The lowest BCUT2D eigenvalue weighted by Gasteiger charge is -2.04. The molecule has 1 aliphatic rings. The number of rotatable bonds is 5. The number of nitrogens with zero attached hydrogens (tertiary/aromatic N) is 1. The van der Waals surface area contributed by atoms with Crippen LogP contribution in [0.25, 0.3) is 0 Å². The second-order valence-corrected chi connectivity index (χ2v) is 6.30. The highest BCUT2D eigenvalue weighted by atomic mass is 32.1. The lowest BCUT2D eigenvalue weighted by molar-refractivity contribution is 0.0997. The van der Waals surface area contributed by atoms with Crippen LogP contribution in [0.15, 0.2) is 24.3 Å². The minimum Gasteiger partial charge on any atom is -0.364 e. The average Bonchev–Trinajstić information content (AvgIpc) is 3.18. The molecule has 7 heteroatoms. The van der Waals surface area contributed by atoms with Gasteiger partial charge in [-0.05, 0) is 31.9 Å². The van der Waals surface area contributed by atoms with Gasteiger partial charge in [0, 0.05) is 11.6 Å². The minimum atomic E-state index is -0.653. The first-order chi connectivity index (χ1) is 10.5. The number of anilines is 2. The van der Waals surface area contributed by atoms with Crippen molar-refractivity contribution in [2.45, 2.75) is 25.8 Å². The van der Waals surface area contributed by atoms with Crippen LogP contribution in [0.3, 0.4) is 0 Å². The molecule has 1 fully saturated rings. The summed E-state index contributed by atoms with van der Waals surface area (Å²) < 4.78 is 0. The molecule has 0 saturated heterocycles. The summed E-state index contributed by atoms with van der Waals surface area (Å²) in [6, 6.07) is 7.63. The highest BCUT2D eigenvalue weighted by Crippen LogP contribution is 2.32. The number of carbonyl (C=O) groups is 2. The second-order valence-electron chi connectivity index (χ2n) is 5.30. The molecule has 0 aliphatic heterocycles. The van der Waals surface area contributed by atoms with E-state index in [-0.39, 0.29) is 11.6 Å². The van der Waals surface area contributed by atoms with E-state index in [0.717, 1.165) is 18.4 Å². The van der Waals surface area contributed by atoms with Crippen molar-refractivity contribution >= 4 is 33.3 Å². The number of aromatic nitrogens is 1. The van der Waals surface area contributed by atoms with Gasteiger partial charge in [-0.3, -0.25) is 9.59 Å². The summed E-state index contributed by atoms with van der Waals surface area (Å²) >= 11 is 1.23. The maximum absolute atomic E-state index is 12.3. The minimum absolute atomic E-state index is 0.0918. The maximum atomic E-state index is 12.3. The van der Waals surface area contributed by atoms with E-state index in [2.05, 4.69) is 15.6 Å². The summed E-state index contributed by atoms with van der Waals surface area (Å²) in [5, 5.41) is 6.91. The van der Waals surface area contributed by atoms with Gasteiger partial charge in [0.2, 0.25) is 0 Å². The van der Waals surface area contributed by atoms with Crippen molar-refractivity contribution in [3.05, 3.63) is 41.1 Å². The van der Waals surface area contributed by atoms with Crippen molar-refractivity contribution in [1.29, 1.82) is 0 Å². The third-order valence-electron chi connectivity index (χ3n) is 3.27. The van der Waals surface area contributed by atoms with Crippen LogP contribution in [0.4, 0.5) is 10.1 Å². The molecule has 114 valence electrons. The number of nitrogens with two attached hydrogens (primary N) is 1. The van der Waals surface area contributed by atoms with Crippen LogP contribution in [0.2, 0.25) is 0 Å². The fraction of sp³-hybridized carbons (Fsp3) is 0.267. The highest BCUT2D eigenvalue weighted by Gasteiger charge is 2.25. The zero-order valence-electron chi connectivity index (χ0n) is 12.1. The number of primary amides is 1. The summed E-state index contributed by atoms with van der Waals surface area (Å²) in [5.41, 5.74) is 6.95. The molecule has 0 unspecified atom stereocenters. The molecule has 3 rings (SSSR count). The van der Waals surface area contributed by atoms with Gasteiger partial charge in [0.15, 0.2) is 10.8 Å². The van der Waals surface area contributed by atoms with Gasteiger partial charge in [0.25, 0.3) is 11.8 Å². The molecule has 1 aliphatic carbocycles. The molecule has 1 saturated carbocycles. The van der Waals surface area contributed by atoms with E-state index in [0.29, 0.717) is 21.7 Å². The quantitative estimate of drug-likeness (QED) is 0.789. The SMILES string of the molecule is Cc1cccc(C(=O)Nc2sc(NC3CC3)nc2C(N)=O)c1. The molecule has 2 amide bonds. The van der Waals surface area contributed by atoms with Crippen molar-refractivity contribution in [3.63, 3.8) is 0 Å². The Morgan fingerprint density at radius 3 is 2.77 bits per heavy atom. The Bertz CT molecular complexity index is 737. The number of carbonyl (C=O) groups excluding carboxylic acids is 2. The number of aryl methyl sites for hydroxylation is 1. The predicted octanol–water partition coefficient (Wildman–Crippen LogP) is 2.38. The van der Waals surface area contributed by atoms with Crippen molar-refractivity contribution in [3.8, 4) is 0 Å². The first-order valence-corrected chi connectivity index (χ1v) is 7.80. The van der Waals surface area contributed by atoms with E-state index in [1.54, 1.807) is 12.1 Å². The molecule has 1 aromatic carbocycles. The van der Waals surface area contributed by atoms with Gasteiger partial charge in [-0.2, -0.15) is 0 Å². The number of benzene rings is 1. The molecule has 4 N–H and O–H groups in total. The van der Waals surface area contributed by atoms with Crippen LogP contribution in [-0.4, -0.2) is 22.8 Å². The summed E-state index contributed by atoms with van der Waals surface area (Å²) in [6.45, 7) is 1.91. The molecule has 0 spiro atoms. The number of nitrogens with one attached hydrogen (secondary N) is 2. The van der Waals surface area contributed by atoms with E-state index in [1.807, 2.05) is 19.1 Å². The van der Waals surface area contributed by atoms with Crippen LogP contribution in [0.5, 0.6) is 0 Å². The second kappa shape index (κ2) is 5.76. The molecule has 6 nitrogen and oxygen atoms in total. The molecular weight excluding hydrogens is 300 g/mol. The van der Waals surface area contributed by atoms with Gasteiger partial charge in [-0.15, -0.1) is 0 Å². The summed E-state index contributed by atoms with van der Waals surface area (Å²) in [4.78, 5) is 27.9. The van der Waals surface area contributed by atoms with Crippen LogP contribution in [0, 0.1) is 6.92 Å². The van der Waals surface area contributed by atoms with E-state index >= 15 is 0 Å². The van der Waals surface area contributed by atoms with Gasteiger partial charge in [0.05, 0.1) is 0 Å². The molecule has 2 aromatic rings. The zero-order chi connectivity index (χ0) is 15.7. The van der Waals surface area contributed by atoms with E-state index in [4.69, 9.17) is 5.73 Å². The summed E-state index contributed by atoms with van der Waals surface area (Å²) in [7, 11) is 0. The van der Waals surface area contributed by atoms with Crippen molar-refractivity contribution in [1.82, 2.24) is 4.98 Å². The topological polar surface area (TPSA) is 97.1 Å². The van der Waals surface area contributed by atoms with E-state index in [1.165, 1.54) is 11.3 Å². The number of hydrogen-bond donors (Lipinski definition) is 3. The number of hydrogen-bond acceptors (Lipinski definition) is 5. The maximum Gasteiger partial charge on any atom is 0.270 e. The number of thiazole rings is 1. The van der Waals surface area contributed by atoms with E-state index in [9.17, 15) is 9.59 Å². The fourth-order valence-corrected chi connectivity index (χ4v) is 2.94. The molecule has 0 atom stereocenters. The Balaban J connectivity index is 1.82. The Morgan fingerprint density at radius 1 is 1.36 bits per heavy atom. The number of amides is 2. The lowest BCUT2D eigenvalue weighted by Crippen LogP contribution is -2.17. The highest BCUT2D eigenvalue weighted by molar-refractivity contribution is 7.20. The standard InChI is InChI=1S/C15H16N4O2S/c1-8-3-2-4-9(7-8)13(21)19-14-11(12(16)20)18-15(22-14)17-10-5-6-10/h2-4,7,10H,5-6H2,1H3,(H2,16,20)(H,17,18)(H,19,21).